The van der Waals surface area contributed by atoms with Gasteiger partial charge in [-0.3, -0.25) is 0 Å². The maximum Gasteiger partial charge on any atom is 0.433 e. The van der Waals surface area contributed by atoms with Crippen molar-refractivity contribution in [2.75, 3.05) is 0 Å². The number of carboxylic acids is 1. The van der Waals surface area contributed by atoms with Crippen LogP contribution < -0.4 is 0 Å². The van der Waals surface area contributed by atoms with Gasteiger partial charge >= 0.3 is 12.1 Å². The molecule has 1 heterocycles. The third-order valence-electron chi connectivity index (χ3n) is 2.42. The normalized spacial score (nSPS) is 11.5. The first-order valence-corrected chi connectivity index (χ1v) is 6.09. The van der Waals surface area contributed by atoms with E-state index in [1.807, 2.05) is 0 Å². The topological polar surface area (TPSA) is 63.1 Å². The van der Waals surface area contributed by atoms with E-state index in [0.717, 1.165) is 0 Å². The van der Waals surface area contributed by atoms with Crippen LogP contribution in [0.25, 0.3) is 11.3 Å². The summed E-state index contributed by atoms with van der Waals surface area (Å²) in [7, 11) is 0. The zero-order valence-electron chi connectivity index (χ0n) is 9.95. The molecule has 0 aliphatic carbocycles. The van der Waals surface area contributed by atoms with Gasteiger partial charge in [-0.25, -0.2) is 14.8 Å². The predicted molar refractivity (Wildman–Crippen MR) is 69.4 cm³/mol. The Bertz CT molecular complexity index is 720. The predicted octanol–water partition coefficient (Wildman–Crippen LogP) is 4.17. The fourth-order valence-corrected chi connectivity index (χ4v) is 1.79. The van der Waals surface area contributed by atoms with Gasteiger partial charge in [-0.15, -0.1) is 0 Å². The Labute approximate surface area is 126 Å². The van der Waals surface area contributed by atoms with E-state index in [1.165, 1.54) is 18.2 Å². The van der Waals surface area contributed by atoms with E-state index >= 15 is 0 Å². The van der Waals surface area contributed by atoms with Crippen LogP contribution in [0.3, 0.4) is 0 Å². The fourth-order valence-electron chi connectivity index (χ4n) is 1.49. The minimum Gasteiger partial charge on any atom is -0.475 e. The Morgan fingerprint density at radius 2 is 1.76 bits per heavy atom. The van der Waals surface area contributed by atoms with Crippen LogP contribution >= 0.6 is 23.2 Å². The van der Waals surface area contributed by atoms with Gasteiger partial charge in [0.25, 0.3) is 0 Å². The average Bonchev–Trinajstić information content (AvgIpc) is 2.40. The highest BCUT2D eigenvalue weighted by Crippen LogP contribution is 2.32. The van der Waals surface area contributed by atoms with E-state index in [-0.39, 0.29) is 21.3 Å². The molecule has 2 rings (SSSR count). The van der Waals surface area contributed by atoms with E-state index in [0.29, 0.717) is 6.07 Å². The van der Waals surface area contributed by atoms with Crippen molar-refractivity contribution in [3.8, 4) is 11.3 Å². The molecule has 2 aromatic rings. The molecule has 110 valence electrons. The van der Waals surface area contributed by atoms with Gasteiger partial charge in [-0.1, -0.05) is 29.3 Å². The second-order valence-electron chi connectivity index (χ2n) is 3.89. The van der Waals surface area contributed by atoms with Crippen LogP contribution in [0, 0.1) is 0 Å². The molecule has 21 heavy (non-hydrogen) atoms. The summed E-state index contributed by atoms with van der Waals surface area (Å²) in [6.07, 6.45) is -4.79. The molecule has 0 fully saturated rings. The summed E-state index contributed by atoms with van der Waals surface area (Å²) in [6.45, 7) is 0. The Kier molecular flexibility index (Phi) is 4.06. The molecular formula is C12H5Cl2F3N2O2. The van der Waals surface area contributed by atoms with E-state index < -0.39 is 23.7 Å². The van der Waals surface area contributed by atoms with E-state index in [4.69, 9.17) is 28.3 Å². The van der Waals surface area contributed by atoms with E-state index in [9.17, 15) is 18.0 Å². The quantitative estimate of drug-likeness (QED) is 0.893. The first kappa shape index (κ1) is 15.5. The maximum absolute atomic E-state index is 12.7. The van der Waals surface area contributed by atoms with Crippen LogP contribution in [0.1, 0.15) is 16.3 Å². The third kappa shape index (κ3) is 3.43. The highest BCUT2D eigenvalue weighted by molar-refractivity contribution is 6.42. The number of nitrogens with zero attached hydrogens (tertiary/aromatic N) is 2. The minimum atomic E-state index is -4.79. The van der Waals surface area contributed by atoms with Gasteiger partial charge in [0.15, 0.2) is 0 Å². The molecule has 0 aliphatic heterocycles. The molecule has 0 aliphatic rings. The molecule has 0 amide bonds. The smallest absolute Gasteiger partial charge is 0.433 e. The lowest BCUT2D eigenvalue weighted by Crippen LogP contribution is -2.14. The maximum atomic E-state index is 12.7. The van der Waals surface area contributed by atoms with Gasteiger partial charge in [0.05, 0.1) is 15.7 Å². The lowest BCUT2D eigenvalue weighted by Gasteiger charge is -2.09. The molecule has 0 radical (unpaired) electrons. The molecule has 0 unspecified atom stereocenters. The van der Waals surface area contributed by atoms with Gasteiger partial charge in [0.2, 0.25) is 5.82 Å². The van der Waals surface area contributed by atoms with Crippen molar-refractivity contribution in [2.24, 2.45) is 0 Å². The number of carbonyl (C=O) groups is 1. The number of aromatic carboxylic acids is 1. The first-order chi connectivity index (χ1) is 9.68. The van der Waals surface area contributed by atoms with Gasteiger partial charge < -0.3 is 5.11 Å². The van der Waals surface area contributed by atoms with Crippen LogP contribution in [0.4, 0.5) is 13.2 Å². The Hall–Kier alpha value is -1.86. The van der Waals surface area contributed by atoms with Gasteiger partial charge in [-0.05, 0) is 18.2 Å². The summed E-state index contributed by atoms with van der Waals surface area (Å²) in [5.41, 5.74) is -1.37. The van der Waals surface area contributed by atoms with Crippen LogP contribution in [0.5, 0.6) is 0 Å². The molecule has 1 aromatic heterocycles. The molecule has 0 bridgehead atoms. The number of carboxylic acid groups (broad SMARTS) is 1. The van der Waals surface area contributed by atoms with E-state index in [2.05, 4.69) is 9.97 Å². The molecule has 0 atom stereocenters. The molecule has 1 aromatic carbocycles. The number of hydrogen-bond acceptors (Lipinski definition) is 3. The summed E-state index contributed by atoms with van der Waals surface area (Å²) in [5.74, 6) is -2.62. The number of rotatable bonds is 2. The summed E-state index contributed by atoms with van der Waals surface area (Å²) in [4.78, 5) is 17.4. The second-order valence-corrected chi connectivity index (χ2v) is 4.71. The SMILES string of the molecule is O=C(O)c1nc(-c2ccc(Cl)c(Cl)c2)cc(C(F)(F)F)n1. The molecule has 1 N–H and O–H groups in total. The van der Waals surface area contributed by atoms with Crippen LogP contribution in [0.15, 0.2) is 24.3 Å². The van der Waals surface area contributed by atoms with Gasteiger partial charge in [-0.2, -0.15) is 13.2 Å². The van der Waals surface area contributed by atoms with Crippen molar-refractivity contribution in [1.82, 2.24) is 9.97 Å². The molecule has 0 saturated heterocycles. The van der Waals surface area contributed by atoms with Crippen LogP contribution in [0.2, 0.25) is 10.0 Å². The lowest BCUT2D eigenvalue weighted by molar-refractivity contribution is -0.141. The molecule has 9 heteroatoms. The summed E-state index contributed by atoms with van der Waals surface area (Å²) in [6, 6.07) is 4.68. The van der Waals surface area contributed by atoms with Crippen molar-refractivity contribution in [1.29, 1.82) is 0 Å². The zero-order chi connectivity index (χ0) is 15.8. The molecular weight excluding hydrogens is 332 g/mol. The summed E-state index contributed by atoms with van der Waals surface area (Å²) in [5, 5.41) is 9.13. The highest BCUT2D eigenvalue weighted by atomic mass is 35.5. The zero-order valence-corrected chi connectivity index (χ0v) is 11.5. The molecule has 0 spiro atoms. The van der Waals surface area contributed by atoms with Crippen molar-refractivity contribution in [3.63, 3.8) is 0 Å². The van der Waals surface area contributed by atoms with Crippen LogP contribution in [-0.2, 0) is 6.18 Å². The van der Waals surface area contributed by atoms with Crippen molar-refractivity contribution in [3.05, 3.63) is 45.8 Å². The van der Waals surface area contributed by atoms with Crippen molar-refractivity contribution < 1.29 is 23.1 Å². The monoisotopic (exact) mass is 336 g/mol. The first-order valence-electron chi connectivity index (χ1n) is 5.33. The van der Waals surface area contributed by atoms with E-state index in [1.54, 1.807) is 0 Å². The molecule has 4 nitrogen and oxygen atoms in total. The largest absolute Gasteiger partial charge is 0.475 e. The lowest BCUT2D eigenvalue weighted by atomic mass is 10.1. The summed E-state index contributed by atoms with van der Waals surface area (Å²) < 4.78 is 38.2. The van der Waals surface area contributed by atoms with Crippen molar-refractivity contribution in [2.45, 2.75) is 6.18 Å². The second kappa shape index (κ2) is 5.50. The van der Waals surface area contributed by atoms with Gasteiger partial charge in [0, 0.05) is 5.56 Å². The Morgan fingerprint density at radius 1 is 1.10 bits per heavy atom. The number of aromatic nitrogens is 2. The Balaban J connectivity index is 2.64. The summed E-state index contributed by atoms with van der Waals surface area (Å²) >= 11 is 11.5. The fraction of sp³-hybridized carbons (Fsp3) is 0.0833. The number of hydrogen-bond donors (Lipinski definition) is 1. The average molecular weight is 337 g/mol. The van der Waals surface area contributed by atoms with Crippen LogP contribution in [-0.4, -0.2) is 21.0 Å². The number of benzene rings is 1. The third-order valence-corrected chi connectivity index (χ3v) is 3.16. The van der Waals surface area contributed by atoms with Gasteiger partial charge in [0.1, 0.15) is 5.69 Å². The van der Waals surface area contributed by atoms with Crippen molar-refractivity contribution >= 4 is 29.2 Å². The minimum absolute atomic E-state index is 0.109. The number of alkyl halides is 3. The highest BCUT2D eigenvalue weighted by Gasteiger charge is 2.34. The Morgan fingerprint density at radius 3 is 2.29 bits per heavy atom. The number of halogens is 5. The molecule has 0 saturated carbocycles. The standard InChI is InChI=1S/C12H5Cl2F3N2O2/c13-6-2-1-5(3-7(6)14)8-4-9(12(15,16)17)19-10(18-8)11(20)21/h1-4H,(H,20,21).